The Balaban J connectivity index is 2.12. The third-order valence-electron chi connectivity index (χ3n) is 3.35. The predicted molar refractivity (Wildman–Crippen MR) is 90.3 cm³/mol. The van der Waals surface area contributed by atoms with Gasteiger partial charge < -0.3 is 15.2 Å². The van der Waals surface area contributed by atoms with Gasteiger partial charge in [0.2, 0.25) is 0 Å². The highest BCUT2D eigenvalue weighted by molar-refractivity contribution is 9.10. The summed E-state index contributed by atoms with van der Waals surface area (Å²) in [4.78, 5) is 0. The lowest BCUT2D eigenvalue weighted by atomic mass is 10.1. The number of phenols is 1. The molecule has 112 valence electrons. The number of hydrogen-bond acceptors (Lipinski definition) is 3. The van der Waals surface area contributed by atoms with Crippen molar-refractivity contribution < 1.29 is 9.84 Å². The predicted octanol–water partition coefficient (Wildman–Crippen LogP) is 4.51. The van der Waals surface area contributed by atoms with E-state index in [-0.39, 0.29) is 6.04 Å². The number of halogens is 1. The van der Waals surface area contributed by atoms with E-state index in [0.717, 1.165) is 27.9 Å². The van der Waals surface area contributed by atoms with E-state index in [1.807, 2.05) is 18.2 Å². The zero-order valence-corrected chi connectivity index (χ0v) is 14.1. The lowest BCUT2D eigenvalue weighted by Gasteiger charge is -2.20. The van der Waals surface area contributed by atoms with E-state index < -0.39 is 0 Å². The first-order valence-corrected chi connectivity index (χ1v) is 7.67. The number of phenolic OH excluding ortho intramolecular Hbond substituents is 1. The Bertz CT molecular complexity index is 611. The van der Waals surface area contributed by atoms with Crippen molar-refractivity contribution >= 4 is 21.6 Å². The van der Waals surface area contributed by atoms with E-state index >= 15 is 0 Å². The van der Waals surface area contributed by atoms with Gasteiger partial charge in [-0.3, -0.25) is 0 Å². The van der Waals surface area contributed by atoms with Crippen LogP contribution in [-0.4, -0.2) is 18.3 Å². The molecule has 1 unspecified atom stereocenters. The molecule has 3 nitrogen and oxygen atoms in total. The number of ether oxygens (including phenoxy) is 1. The third kappa shape index (κ3) is 4.14. The van der Waals surface area contributed by atoms with Crippen LogP contribution < -0.4 is 10.1 Å². The Morgan fingerprint density at radius 3 is 2.52 bits per heavy atom. The molecule has 0 aromatic heterocycles. The van der Waals surface area contributed by atoms with E-state index in [9.17, 15) is 5.11 Å². The summed E-state index contributed by atoms with van der Waals surface area (Å²) in [5.41, 5.74) is 3.34. The molecule has 0 fully saturated rings. The summed E-state index contributed by atoms with van der Waals surface area (Å²) in [5.74, 6) is 1.13. The molecule has 0 saturated heterocycles. The maximum atomic E-state index is 9.32. The van der Waals surface area contributed by atoms with Crippen molar-refractivity contribution in [1.29, 1.82) is 0 Å². The molecular formula is C17H20BrNO2. The fraction of sp³-hybridized carbons (Fsp3) is 0.294. The van der Waals surface area contributed by atoms with E-state index in [0.29, 0.717) is 5.75 Å². The molecule has 1 atom stereocenters. The minimum Gasteiger partial charge on any atom is -0.508 e. The van der Waals surface area contributed by atoms with Crippen LogP contribution in [0.4, 0.5) is 5.69 Å². The minimum absolute atomic E-state index is 0.253. The first-order valence-electron chi connectivity index (χ1n) is 6.88. The fourth-order valence-corrected chi connectivity index (χ4v) is 2.89. The quantitative estimate of drug-likeness (QED) is 0.833. The highest BCUT2D eigenvalue weighted by Gasteiger charge is 2.11. The van der Waals surface area contributed by atoms with Gasteiger partial charge in [-0.25, -0.2) is 0 Å². The first kappa shape index (κ1) is 15.7. The van der Waals surface area contributed by atoms with Crippen LogP contribution in [0.3, 0.4) is 0 Å². The van der Waals surface area contributed by atoms with Gasteiger partial charge in [0.15, 0.2) is 0 Å². The fourth-order valence-electron chi connectivity index (χ4n) is 2.34. The second kappa shape index (κ2) is 6.85. The molecule has 0 spiro atoms. The van der Waals surface area contributed by atoms with Crippen LogP contribution in [0.15, 0.2) is 40.9 Å². The molecule has 2 N–H and O–H groups in total. The Morgan fingerprint density at radius 2 is 1.90 bits per heavy atom. The molecule has 4 heteroatoms. The monoisotopic (exact) mass is 349 g/mol. The van der Waals surface area contributed by atoms with Crippen LogP contribution in [0.25, 0.3) is 0 Å². The minimum atomic E-state index is 0.253. The van der Waals surface area contributed by atoms with Crippen LogP contribution in [0.1, 0.15) is 18.1 Å². The number of nitrogens with one attached hydrogen (secondary N) is 1. The number of hydrogen-bond donors (Lipinski definition) is 2. The molecule has 0 saturated carbocycles. The normalized spacial score (nSPS) is 12.0. The molecule has 0 aliphatic heterocycles. The van der Waals surface area contributed by atoms with Crippen molar-refractivity contribution in [2.75, 3.05) is 12.4 Å². The van der Waals surface area contributed by atoms with Gasteiger partial charge in [0.25, 0.3) is 0 Å². The Labute approximate surface area is 134 Å². The summed E-state index contributed by atoms with van der Waals surface area (Å²) < 4.78 is 6.46. The van der Waals surface area contributed by atoms with Crippen LogP contribution in [0.5, 0.6) is 11.5 Å². The van der Waals surface area contributed by atoms with Crippen molar-refractivity contribution in [2.45, 2.75) is 26.3 Å². The van der Waals surface area contributed by atoms with E-state index in [4.69, 9.17) is 4.74 Å². The average Bonchev–Trinajstić information content (AvgIpc) is 2.44. The SMILES string of the molecule is COc1cc(Br)cc(C)c1NC(C)Cc1ccc(O)cc1. The molecule has 0 aliphatic rings. The molecular weight excluding hydrogens is 330 g/mol. The van der Waals surface area contributed by atoms with Crippen molar-refractivity contribution in [3.63, 3.8) is 0 Å². The lowest BCUT2D eigenvalue weighted by molar-refractivity contribution is 0.415. The van der Waals surface area contributed by atoms with Gasteiger partial charge in [-0.1, -0.05) is 28.1 Å². The number of methoxy groups -OCH3 is 1. The standard InChI is InChI=1S/C17H20BrNO2/c1-11-8-14(18)10-16(21-3)17(11)19-12(2)9-13-4-6-15(20)7-5-13/h4-8,10,12,19-20H,9H2,1-3H3. The number of rotatable bonds is 5. The smallest absolute Gasteiger partial charge is 0.143 e. The first-order chi connectivity index (χ1) is 9.99. The summed E-state index contributed by atoms with van der Waals surface area (Å²) in [6.45, 7) is 4.19. The van der Waals surface area contributed by atoms with Gasteiger partial charge in [-0.05, 0) is 55.7 Å². The van der Waals surface area contributed by atoms with Gasteiger partial charge in [-0.15, -0.1) is 0 Å². The van der Waals surface area contributed by atoms with E-state index in [1.165, 1.54) is 5.56 Å². The van der Waals surface area contributed by atoms with Crippen molar-refractivity contribution in [1.82, 2.24) is 0 Å². The Morgan fingerprint density at radius 1 is 1.24 bits per heavy atom. The maximum absolute atomic E-state index is 9.32. The molecule has 21 heavy (non-hydrogen) atoms. The summed E-state index contributed by atoms with van der Waals surface area (Å²) >= 11 is 3.48. The van der Waals surface area contributed by atoms with E-state index in [2.05, 4.69) is 41.2 Å². The van der Waals surface area contributed by atoms with E-state index in [1.54, 1.807) is 19.2 Å². The summed E-state index contributed by atoms with van der Waals surface area (Å²) in [5, 5.41) is 12.8. The topological polar surface area (TPSA) is 41.5 Å². The van der Waals surface area contributed by atoms with Gasteiger partial charge in [-0.2, -0.15) is 0 Å². The van der Waals surface area contributed by atoms with Crippen LogP contribution in [0, 0.1) is 6.92 Å². The molecule has 2 rings (SSSR count). The average molecular weight is 350 g/mol. The third-order valence-corrected chi connectivity index (χ3v) is 3.81. The number of aryl methyl sites for hydroxylation is 1. The maximum Gasteiger partial charge on any atom is 0.143 e. The second-order valence-electron chi connectivity index (χ2n) is 5.22. The number of aromatic hydroxyl groups is 1. The molecule has 0 heterocycles. The van der Waals surface area contributed by atoms with Crippen molar-refractivity contribution in [3.05, 3.63) is 52.0 Å². The van der Waals surface area contributed by atoms with Gasteiger partial charge >= 0.3 is 0 Å². The zero-order chi connectivity index (χ0) is 15.4. The van der Waals surface area contributed by atoms with Gasteiger partial charge in [0.05, 0.1) is 12.8 Å². The second-order valence-corrected chi connectivity index (χ2v) is 6.13. The molecule has 0 radical (unpaired) electrons. The van der Waals surface area contributed by atoms with Crippen molar-refractivity contribution in [3.8, 4) is 11.5 Å². The molecule has 2 aromatic carbocycles. The molecule has 0 aliphatic carbocycles. The summed E-state index contributed by atoms with van der Waals surface area (Å²) in [6, 6.07) is 11.6. The van der Waals surface area contributed by atoms with Gasteiger partial charge in [0, 0.05) is 10.5 Å². The zero-order valence-electron chi connectivity index (χ0n) is 12.5. The number of benzene rings is 2. The van der Waals surface area contributed by atoms with Crippen LogP contribution in [0.2, 0.25) is 0 Å². The highest BCUT2D eigenvalue weighted by Crippen LogP contribution is 2.32. The summed E-state index contributed by atoms with van der Waals surface area (Å²) in [6.07, 6.45) is 0.874. The van der Waals surface area contributed by atoms with Crippen molar-refractivity contribution in [2.24, 2.45) is 0 Å². The molecule has 2 aromatic rings. The number of anilines is 1. The van der Waals surface area contributed by atoms with Crippen LogP contribution >= 0.6 is 15.9 Å². The molecule has 0 amide bonds. The van der Waals surface area contributed by atoms with Gasteiger partial charge in [0.1, 0.15) is 11.5 Å². The van der Waals surface area contributed by atoms with Crippen LogP contribution in [-0.2, 0) is 6.42 Å². The highest BCUT2D eigenvalue weighted by atomic mass is 79.9. The summed E-state index contributed by atoms with van der Waals surface area (Å²) in [7, 11) is 1.68. The Hall–Kier alpha value is -1.68. The largest absolute Gasteiger partial charge is 0.508 e. The lowest BCUT2D eigenvalue weighted by Crippen LogP contribution is -2.19. The Kier molecular flexibility index (Phi) is 5.12. The molecule has 0 bridgehead atoms.